The fourth-order valence-electron chi connectivity index (χ4n) is 4.27. The smallest absolute Gasteiger partial charge is 0.146 e. The minimum Gasteiger partial charge on any atom is -0.507 e. The summed E-state index contributed by atoms with van der Waals surface area (Å²) in [5.41, 5.74) is 5.45. The van der Waals surface area contributed by atoms with Crippen molar-refractivity contribution in [2.45, 2.75) is 13.8 Å². The van der Waals surface area contributed by atoms with Crippen LogP contribution in [-0.4, -0.2) is 46.7 Å². The number of fused-ring (bicyclic) bond motifs is 1. The summed E-state index contributed by atoms with van der Waals surface area (Å²) in [6.07, 6.45) is 0. The molecule has 0 aromatic heterocycles. The third-order valence-electron chi connectivity index (χ3n) is 6.11. The van der Waals surface area contributed by atoms with Crippen LogP contribution in [0.2, 0.25) is 0 Å². The van der Waals surface area contributed by atoms with E-state index in [0.717, 1.165) is 38.8 Å². The maximum Gasteiger partial charge on any atom is 0.146 e. The van der Waals surface area contributed by atoms with Gasteiger partial charge >= 0.3 is 0 Å². The molecular formula is C28H30N2O4. The molecule has 34 heavy (non-hydrogen) atoms. The van der Waals surface area contributed by atoms with Crippen LogP contribution in [0.15, 0.2) is 66.7 Å². The topological polar surface area (TPSA) is 96.2 Å². The van der Waals surface area contributed by atoms with Crippen molar-refractivity contribution >= 4 is 27.8 Å². The van der Waals surface area contributed by atoms with Crippen LogP contribution in [-0.2, 0) is 0 Å². The van der Waals surface area contributed by atoms with Gasteiger partial charge in [0.15, 0.2) is 0 Å². The van der Waals surface area contributed by atoms with Gasteiger partial charge in [-0.05, 0) is 60.2 Å². The largest absolute Gasteiger partial charge is 0.507 e. The van der Waals surface area contributed by atoms with Crippen LogP contribution in [0, 0.1) is 13.8 Å². The van der Waals surface area contributed by atoms with Gasteiger partial charge in [0, 0.05) is 35.4 Å². The van der Waals surface area contributed by atoms with Gasteiger partial charge in [-0.1, -0.05) is 42.5 Å². The molecule has 0 aliphatic carbocycles. The maximum absolute atomic E-state index is 10.9. The van der Waals surface area contributed by atoms with E-state index in [4.69, 9.17) is 0 Å². The average molecular weight is 459 g/mol. The first-order chi connectivity index (χ1) is 16.4. The lowest BCUT2D eigenvalue weighted by Crippen LogP contribution is -2.29. The number of hydrogen-bond donors (Lipinski definition) is 5. The second-order valence-electron chi connectivity index (χ2n) is 8.43. The van der Waals surface area contributed by atoms with Crippen LogP contribution in [0.25, 0.3) is 21.9 Å². The van der Waals surface area contributed by atoms with Gasteiger partial charge in [-0.15, -0.1) is 0 Å². The van der Waals surface area contributed by atoms with Gasteiger partial charge in [0.2, 0.25) is 0 Å². The number of phenolic OH excluding ortho intramolecular Hbond substituents is 2. The lowest BCUT2D eigenvalue weighted by molar-refractivity contribution is 0.281. The highest BCUT2D eigenvalue weighted by Gasteiger charge is 2.17. The molecule has 0 saturated carbocycles. The summed E-state index contributed by atoms with van der Waals surface area (Å²) >= 11 is 0. The van der Waals surface area contributed by atoms with Crippen molar-refractivity contribution in [2.75, 3.05) is 36.5 Å². The Morgan fingerprint density at radius 2 is 1.50 bits per heavy atom. The molecule has 0 heterocycles. The van der Waals surface area contributed by atoms with Crippen molar-refractivity contribution in [2.24, 2.45) is 0 Å². The Bertz CT molecular complexity index is 1310. The summed E-state index contributed by atoms with van der Waals surface area (Å²) in [6, 6.07) is 20.9. The van der Waals surface area contributed by atoms with Crippen molar-refractivity contribution < 1.29 is 20.4 Å². The summed E-state index contributed by atoms with van der Waals surface area (Å²) in [4.78, 5) is 1.89. The molecule has 4 rings (SSSR count). The molecule has 0 aliphatic rings. The van der Waals surface area contributed by atoms with Gasteiger partial charge in [-0.2, -0.15) is 0 Å². The van der Waals surface area contributed by atoms with E-state index >= 15 is 0 Å². The van der Waals surface area contributed by atoms with Crippen LogP contribution >= 0.6 is 0 Å². The molecule has 0 unspecified atom stereocenters. The Labute approximate surface area is 199 Å². The second-order valence-corrected chi connectivity index (χ2v) is 8.43. The van der Waals surface area contributed by atoms with Gasteiger partial charge < -0.3 is 30.6 Å². The minimum absolute atomic E-state index is 0.0623. The Morgan fingerprint density at radius 3 is 2.21 bits per heavy atom. The summed E-state index contributed by atoms with van der Waals surface area (Å²) in [5.74, 6) is 0.334. The number of aromatic hydroxyl groups is 2. The number of nitrogens with zero attached hydrogens (tertiary/aromatic N) is 1. The number of phenols is 2. The first kappa shape index (κ1) is 23.4. The van der Waals surface area contributed by atoms with E-state index in [1.807, 2.05) is 79.4 Å². The number of rotatable bonds is 8. The van der Waals surface area contributed by atoms with Crippen LogP contribution < -0.4 is 10.2 Å². The highest BCUT2D eigenvalue weighted by atomic mass is 16.3. The van der Waals surface area contributed by atoms with Crippen molar-refractivity contribution in [3.05, 3.63) is 77.9 Å². The van der Waals surface area contributed by atoms with E-state index in [1.165, 1.54) is 0 Å². The SMILES string of the molecule is Cc1ccc(-c2cc(N(CCO)CCO)cc(Nc3ccc4ccccc4c3O)c2C)c(O)c1. The van der Waals surface area contributed by atoms with Crippen molar-refractivity contribution in [1.29, 1.82) is 0 Å². The highest BCUT2D eigenvalue weighted by molar-refractivity contribution is 5.94. The first-order valence-corrected chi connectivity index (χ1v) is 11.3. The number of anilines is 3. The van der Waals surface area contributed by atoms with Crippen molar-refractivity contribution in [1.82, 2.24) is 0 Å². The predicted molar refractivity (Wildman–Crippen MR) is 138 cm³/mol. The predicted octanol–water partition coefficient (Wildman–Crippen LogP) is 5.07. The third-order valence-corrected chi connectivity index (χ3v) is 6.11. The van der Waals surface area contributed by atoms with Crippen LogP contribution in [0.3, 0.4) is 0 Å². The zero-order valence-corrected chi connectivity index (χ0v) is 19.4. The molecule has 4 aromatic carbocycles. The number of benzene rings is 4. The van der Waals surface area contributed by atoms with Gasteiger partial charge in [0.25, 0.3) is 0 Å². The molecule has 0 saturated heterocycles. The summed E-state index contributed by atoms with van der Waals surface area (Å²) in [5, 5.41) is 45.8. The van der Waals surface area contributed by atoms with Crippen LogP contribution in [0.4, 0.5) is 17.1 Å². The minimum atomic E-state index is -0.0623. The fraction of sp³-hybridized carbons (Fsp3) is 0.214. The zero-order valence-electron chi connectivity index (χ0n) is 19.4. The van der Waals surface area contributed by atoms with E-state index in [0.29, 0.717) is 24.3 Å². The summed E-state index contributed by atoms with van der Waals surface area (Å²) in [6.45, 7) is 4.46. The number of aliphatic hydroxyl groups excluding tert-OH is 2. The lowest BCUT2D eigenvalue weighted by atomic mass is 9.96. The molecule has 0 aliphatic heterocycles. The summed E-state index contributed by atoms with van der Waals surface area (Å²) < 4.78 is 0. The maximum atomic E-state index is 10.9. The van der Waals surface area contributed by atoms with Crippen molar-refractivity contribution in [3.63, 3.8) is 0 Å². The third kappa shape index (κ3) is 4.64. The van der Waals surface area contributed by atoms with Gasteiger partial charge in [-0.25, -0.2) is 0 Å². The Balaban J connectivity index is 1.87. The molecule has 176 valence electrons. The molecule has 0 radical (unpaired) electrons. The number of hydrogen-bond acceptors (Lipinski definition) is 6. The molecule has 4 aromatic rings. The Hall–Kier alpha value is -3.74. The summed E-state index contributed by atoms with van der Waals surface area (Å²) in [7, 11) is 0. The highest BCUT2D eigenvalue weighted by Crippen LogP contribution is 2.41. The second kappa shape index (κ2) is 10.0. The number of aryl methyl sites for hydroxylation is 1. The standard InChI is InChI=1S/C28H30N2O4/c1-18-7-9-23(27(33)15-18)24-16-21(30(11-13-31)12-14-32)17-26(19(24)2)29-25-10-8-20-5-3-4-6-22(20)28(25)34/h3-10,15-17,29,31-34H,11-14H2,1-2H3. The molecule has 0 bridgehead atoms. The van der Waals surface area contributed by atoms with Crippen molar-refractivity contribution in [3.8, 4) is 22.6 Å². The normalized spacial score (nSPS) is 11.1. The van der Waals surface area contributed by atoms with Gasteiger partial charge in [-0.3, -0.25) is 0 Å². The monoisotopic (exact) mass is 458 g/mol. The van der Waals surface area contributed by atoms with E-state index in [2.05, 4.69) is 5.32 Å². The molecule has 0 spiro atoms. The van der Waals surface area contributed by atoms with E-state index in [9.17, 15) is 20.4 Å². The molecular weight excluding hydrogens is 428 g/mol. The number of nitrogens with one attached hydrogen (secondary N) is 1. The van der Waals surface area contributed by atoms with E-state index in [-0.39, 0.29) is 24.7 Å². The Morgan fingerprint density at radius 1 is 0.765 bits per heavy atom. The number of aliphatic hydroxyl groups is 2. The van der Waals surface area contributed by atoms with E-state index < -0.39 is 0 Å². The van der Waals surface area contributed by atoms with Gasteiger partial charge in [0.05, 0.1) is 18.9 Å². The zero-order chi connectivity index (χ0) is 24.2. The van der Waals surface area contributed by atoms with Crippen LogP contribution in [0.1, 0.15) is 11.1 Å². The lowest BCUT2D eigenvalue weighted by Gasteiger charge is -2.26. The fourth-order valence-corrected chi connectivity index (χ4v) is 4.27. The van der Waals surface area contributed by atoms with Crippen LogP contribution in [0.5, 0.6) is 11.5 Å². The molecule has 0 fully saturated rings. The molecule has 0 amide bonds. The Kier molecular flexibility index (Phi) is 6.91. The first-order valence-electron chi connectivity index (χ1n) is 11.3. The molecule has 0 atom stereocenters. The quantitative estimate of drug-likeness (QED) is 0.237. The van der Waals surface area contributed by atoms with Gasteiger partial charge in [0.1, 0.15) is 11.5 Å². The average Bonchev–Trinajstić information content (AvgIpc) is 2.82. The molecule has 5 N–H and O–H groups in total. The van der Waals surface area contributed by atoms with E-state index in [1.54, 1.807) is 6.07 Å². The molecule has 6 nitrogen and oxygen atoms in total. The molecule has 6 heteroatoms.